The van der Waals surface area contributed by atoms with Gasteiger partial charge >= 0.3 is 0 Å². The summed E-state index contributed by atoms with van der Waals surface area (Å²) >= 11 is 1.67. The molecule has 114 valence electrons. The third-order valence-electron chi connectivity index (χ3n) is 3.66. The van der Waals surface area contributed by atoms with Gasteiger partial charge < -0.3 is 15.5 Å². The maximum Gasteiger partial charge on any atom is 0.242 e. The number of aromatic nitrogens is 1. The molecule has 0 spiro atoms. The number of amides is 1. The third-order valence-corrected chi connectivity index (χ3v) is 4.68. The summed E-state index contributed by atoms with van der Waals surface area (Å²) in [7, 11) is 0. The van der Waals surface area contributed by atoms with Gasteiger partial charge in [-0.05, 0) is 19.8 Å². The van der Waals surface area contributed by atoms with Gasteiger partial charge in [-0.15, -0.1) is 36.2 Å². The van der Waals surface area contributed by atoms with Crippen molar-refractivity contribution in [3.8, 4) is 0 Å². The summed E-state index contributed by atoms with van der Waals surface area (Å²) in [5, 5.41) is 3.12. The van der Waals surface area contributed by atoms with Crippen molar-refractivity contribution in [2.24, 2.45) is 5.73 Å². The predicted octanol–water partition coefficient (Wildman–Crippen LogP) is 1.44. The molecule has 20 heavy (non-hydrogen) atoms. The zero-order chi connectivity index (χ0) is 12.8. The van der Waals surface area contributed by atoms with E-state index in [-0.39, 0.29) is 30.7 Å². The summed E-state index contributed by atoms with van der Waals surface area (Å²) in [5.74, 6) is 0.137. The molecule has 0 radical (unpaired) electrons. The predicted molar refractivity (Wildman–Crippen MR) is 86.3 cm³/mol. The molecule has 1 saturated carbocycles. The van der Waals surface area contributed by atoms with Crippen LogP contribution in [0.15, 0.2) is 5.38 Å². The van der Waals surface area contributed by atoms with Gasteiger partial charge in [-0.3, -0.25) is 4.79 Å². The standard InChI is InChI=1S/C12H18N4OS.2ClH/c1-9-8-18-11(14-9)16-6-4-15(5-7-16)10(17)12(13)2-3-12;;/h8H,2-7,13H2,1H3;2*1H. The minimum absolute atomic E-state index is 0. The van der Waals surface area contributed by atoms with Crippen molar-refractivity contribution in [1.82, 2.24) is 9.88 Å². The van der Waals surface area contributed by atoms with Gasteiger partial charge in [0.05, 0.1) is 11.2 Å². The Bertz CT molecular complexity index is 470. The highest BCUT2D eigenvalue weighted by Gasteiger charge is 2.48. The Morgan fingerprint density at radius 1 is 1.30 bits per heavy atom. The molecule has 2 heterocycles. The molecule has 0 bridgehead atoms. The van der Waals surface area contributed by atoms with E-state index in [1.54, 1.807) is 11.3 Å². The second-order valence-corrected chi connectivity index (χ2v) is 6.04. The Balaban J connectivity index is 0.000001000. The molecule has 1 aliphatic heterocycles. The number of nitrogens with zero attached hydrogens (tertiary/aromatic N) is 3. The van der Waals surface area contributed by atoms with Crippen LogP contribution in [0, 0.1) is 6.92 Å². The summed E-state index contributed by atoms with van der Waals surface area (Å²) in [5.41, 5.74) is 6.49. The fourth-order valence-electron chi connectivity index (χ4n) is 2.25. The van der Waals surface area contributed by atoms with Gasteiger partial charge in [-0.1, -0.05) is 0 Å². The molecule has 1 aliphatic carbocycles. The van der Waals surface area contributed by atoms with Gasteiger partial charge in [-0.2, -0.15) is 0 Å². The van der Waals surface area contributed by atoms with Crippen molar-refractivity contribution in [3.05, 3.63) is 11.1 Å². The van der Waals surface area contributed by atoms with E-state index < -0.39 is 5.54 Å². The lowest BCUT2D eigenvalue weighted by molar-refractivity contribution is -0.133. The summed E-state index contributed by atoms with van der Waals surface area (Å²) in [4.78, 5) is 20.7. The number of nitrogens with two attached hydrogens (primary N) is 1. The van der Waals surface area contributed by atoms with Crippen LogP contribution in [-0.2, 0) is 4.79 Å². The molecule has 1 amide bonds. The van der Waals surface area contributed by atoms with Gasteiger partial charge in [0.15, 0.2) is 5.13 Å². The van der Waals surface area contributed by atoms with Crippen molar-refractivity contribution in [1.29, 1.82) is 0 Å². The lowest BCUT2D eigenvalue weighted by Gasteiger charge is -2.35. The van der Waals surface area contributed by atoms with Gasteiger partial charge in [0.25, 0.3) is 0 Å². The zero-order valence-electron chi connectivity index (χ0n) is 11.4. The van der Waals surface area contributed by atoms with Crippen LogP contribution in [0.2, 0.25) is 0 Å². The first-order valence-electron chi connectivity index (χ1n) is 6.34. The Hall–Kier alpha value is -0.560. The average Bonchev–Trinajstić information content (AvgIpc) is 2.98. The number of halogens is 2. The average molecular weight is 339 g/mol. The molecule has 2 N–H and O–H groups in total. The fraction of sp³-hybridized carbons (Fsp3) is 0.667. The second-order valence-electron chi connectivity index (χ2n) is 5.21. The quantitative estimate of drug-likeness (QED) is 0.886. The number of carbonyl (C=O) groups excluding carboxylic acids is 1. The molecule has 1 saturated heterocycles. The normalized spacial score (nSPS) is 19.9. The van der Waals surface area contributed by atoms with E-state index in [2.05, 4.69) is 15.3 Å². The molecule has 1 aromatic rings. The van der Waals surface area contributed by atoms with Crippen LogP contribution in [0.1, 0.15) is 18.5 Å². The number of aryl methyl sites for hydroxylation is 1. The van der Waals surface area contributed by atoms with Crippen LogP contribution in [-0.4, -0.2) is 47.5 Å². The van der Waals surface area contributed by atoms with Crippen LogP contribution in [0.25, 0.3) is 0 Å². The molecular formula is C12H20Cl2N4OS. The van der Waals surface area contributed by atoms with Crippen molar-refractivity contribution in [2.45, 2.75) is 25.3 Å². The van der Waals surface area contributed by atoms with E-state index in [9.17, 15) is 4.79 Å². The Morgan fingerprint density at radius 2 is 1.90 bits per heavy atom. The maximum absolute atomic E-state index is 12.1. The number of thiazole rings is 1. The van der Waals surface area contributed by atoms with Gasteiger partial charge in [-0.25, -0.2) is 4.98 Å². The first kappa shape index (κ1) is 17.5. The minimum atomic E-state index is -0.528. The van der Waals surface area contributed by atoms with Gasteiger partial charge in [0.2, 0.25) is 5.91 Å². The molecule has 3 rings (SSSR count). The Morgan fingerprint density at radius 3 is 2.35 bits per heavy atom. The first-order valence-corrected chi connectivity index (χ1v) is 7.22. The summed E-state index contributed by atoms with van der Waals surface area (Å²) < 4.78 is 0. The van der Waals surface area contributed by atoms with E-state index in [0.29, 0.717) is 0 Å². The largest absolute Gasteiger partial charge is 0.345 e. The lowest BCUT2D eigenvalue weighted by atomic mass is 10.2. The highest BCUT2D eigenvalue weighted by Crippen LogP contribution is 2.34. The van der Waals surface area contributed by atoms with Crippen LogP contribution in [0.3, 0.4) is 0 Å². The van der Waals surface area contributed by atoms with E-state index in [0.717, 1.165) is 49.8 Å². The summed E-state index contributed by atoms with van der Waals surface area (Å²) in [6.07, 6.45) is 1.69. The Kier molecular flexibility index (Phi) is 5.66. The van der Waals surface area contributed by atoms with Crippen molar-refractivity contribution >= 4 is 47.2 Å². The molecule has 0 unspecified atom stereocenters. The number of piperazine rings is 1. The van der Waals surface area contributed by atoms with Crippen molar-refractivity contribution in [2.75, 3.05) is 31.1 Å². The number of anilines is 1. The number of hydrogen-bond donors (Lipinski definition) is 1. The lowest BCUT2D eigenvalue weighted by Crippen LogP contribution is -2.54. The topological polar surface area (TPSA) is 62.5 Å². The smallest absolute Gasteiger partial charge is 0.242 e. The first-order chi connectivity index (χ1) is 8.58. The second kappa shape index (κ2) is 6.47. The Labute approximate surface area is 135 Å². The molecule has 5 nitrogen and oxygen atoms in total. The zero-order valence-corrected chi connectivity index (χ0v) is 13.8. The van der Waals surface area contributed by atoms with E-state index in [1.807, 2.05) is 11.8 Å². The maximum atomic E-state index is 12.1. The van der Waals surface area contributed by atoms with Crippen molar-refractivity contribution in [3.63, 3.8) is 0 Å². The van der Waals surface area contributed by atoms with E-state index in [4.69, 9.17) is 5.73 Å². The molecule has 1 aromatic heterocycles. The summed E-state index contributed by atoms with van der Waals surface area (Å²) in [6, 6.07) is 0. The SMILES string of the molecule is Cc1csc(N2CCN(C(=O)C3(N)CC3)CC2)n1.Cl.Cl. The number of carbonyl (C=O) groups is 1. The minimum Gasteiger partial charge on any atom is -0.345 e. The van der Waals surface area contributed by atoms with Crippen LogP contribution in [0.4, 0.5) is 5.13 Å². The fourth-order valence-corrected chi connectivity index (χ4v) is 3.11. The van der Waals surface area contributed by atoms with Crippen LogP contribution in [0.5, 0.6) is 0 Å². The highest BCUT2D eigenvalue weighted by atomic mass is 35.5. The molecule has 2 aliphatic rings. The highest BCUT2D eigenvalue weighted by molar-refractivity contribution is 7.13. The molecule has 0 atom stereocenters. The molecule has 2 fully saturated rings. The molecule has 0 aromatic carbocycles. The van der Waals surface area contributed by atoms with Gasteiger partial charge in [0.1, 0.15) is 0 Å². The van der Waals surface area contributed by atoms with Crippen LogP contribution >= 0.6 is 36.2 Å². The van der Waals surface area contributed by atoms with Crippen molar-refractivity contribution < 1.29 is 4.79 Å². The summed E-state index contributed by atoms with van der Waals surface area (Å²) in [6.45, 7) is 5.24. The monoisotopic (exact) mass is 338 g/mol. The molecular weight excluding hydrogens is 319 g/mol. The van der Waals surface area contributed by atoms with E-state index in [1.165, 1.54) is 0 Å². The third kappa shape index (κ3) is 3.36. The molecule has 8 heteroatoms. The number of hydrogen-bond acceptors (Lipinski definition) is 5. The van der Waals surface area contributed by atoms with E-state index >= 15 is 0 Å². The van der Waals surface area contributed by atoms with Crippen LogP contribution < -0.4 is 10.6 Å². The van der Waals surface area contributed by atoms with Gasteiger partial charge in [0, 0.05) is 31.6 Å². The number of rotatable bonds is 2.